The molecule has 5 rings (SSSR count). The Morgan fingerprint density at radius 1 is 1.09 bits per heavy atom. The number of piperidine rings is 1. The van der Waals surface area contributed by atoms with Crippen molar-refractivity contribution in [3.05, 3.63) is 48.3 Å². The van der Waals surface area contributed by atoms with Crippen LogP contribution in [0.2, 0.25) is 0 Å². The predicted octanol–water partition coefficient (Wildman–Crippen LogP) is 3.15. The van der Waals surface area contributed by atoms with Gasteiger partial charge in [-0.05, 0) is 67.1 Å². The number of ether oxygens (including phenoxy) is 1. The van der Waals surface area contributed by atoms with E-state index in [0.29, 0.717) is 24.2 Å². The summed E-state index contributed by atoms with van der Waals surface area (Å²) in [7, 11) is 1.62. The van der Waals surface area contributed by atoms with Gasteiger partial charge in [0, 0.05) is 36.6 Å². The van der Waals surface area contributed by atoms with E-state index in [2.05, 4.69) is 54.9 Å². The fraction of sp³-hybridized carbons (Fsp3) is 0.500. The Morgan fingerprint density at radius 2 is 1.97 bits per heavy atom. The van der Waals surface area contributed by atoms with Crippen molar-refractivity contribution in [2.75, 3.05) is 31.6 Å². The van der Waals surface area contributed by atoms with Gasteiger partial charge < -0.3 is 15.0 Å². The number of anilines is 1. The van der Waals surface area contributed by atoms with E-state index in [-0.39, 0.29) is 0 Å². The largest absolute Gasteiger partial charge is 0.495 e. The van der Waals surface area contributed by atoms with Crippen molar-refractivity contribution >= 4 is 5.69 Å². The molecule has 2 aromatic heterocycles. The Bertz CT molecular complexity index is 1020. The second kappa shape index (κ2) is 9.65. The van der Waals surface area contributed by atoms with Gasteiger partial charge in [-0.25, -0.2) is 0 Å². The third-order valence-electron chi connectivity index (χ3n) is 6.63. The van der Waals surface area contributed by atoms with Crippen LogP contribution in [-0.4, -0.2) is 58.0 Å². The Balaban J connectivity index is 1.18. The fourth-order valence-corrected chi connectivity index (χ4v) is 4.46. The maximum absolute atomic E-state index is 5.23. The van der Waals surface area contributed by atoms with Crippen LogP contribution in [-0.2, 0) is 6.54 Å². The summed E-state index contributed by atoms with van der Waals surface area (Å²) in [5.41, 5.74) is 3.23. The highest BCUT2D eigenvalue weighted by Crippen LogP contribution is 2.26. The highest BCUT2D eigenvalue weighted by Gasteiger charge is 2.23. The number of pyridine rings is 1. The lowest BCUT2D eigenvalue weighted by atomic mass is 9.85. The molecule has 1 saturated heterocycles. The molecule has 8 heteroatoms. The van der Waals surface area contributed by atoms with Gasteiger partial charge >= 0.3 is 0 Å². The number of aromatic nitrogens is 5. The molecule has 8 nitrogen and oxygen atoms in total. The standard InChI is InChI=1S/C24H31N7O/c1-32-23-12-20(14-25-15-23)24-27-29-31(28-24)16-19-7-9-22(10-8-19)30-11-3-6-21(17-30)26-13-18-4-2-5-18/h7-10,12,14-15,18,21,26H,2-6,11,13,16-17H2,1H3/t21-/m1/s1. The minimum atomic E-state index is 0.543. The van der Waals surface area contributed by atoms with Gasteiger partial charge in [-0.2, -0.15) is 4.80 Å². The number of hydrogen-bond acceptors (Lipinski definition) is 7. The van der Waals surface area contributed by atoms with E-state index in [0.717, 1.165) is 30.1 Å². The summed E-state index contributed by atoms with van der Waals surface area (Å²) in [5.74, 6) is 2.13. The van der Waals surface area contributed by atoms with Crippen LogP contribution in [0.5, 0.6) is 5.75 Å². The van der Waals surface area contributed by atoms with Gasteiger partial charge in [-0.1, -0.05) is 18.6 Å². The molecule has 1 atom stereocenters. The Hall–Kier alpha value is -3.00. The van der Waals surface area contributed by atoms with Crippen molar-refractivity contribution in [3.63, 3.8) is 0 Å². The van der Waals surface area contributed by atoms with E-state index in [1.807, 2.05) is 6.07 Å². The summed E-state index contributed by atoms with van der Waals surface area (Å²) in [5, 5.41) is 16.7. The molecule has 2 fully saturated rings. The van der Waals surface area contributed by atoms with Crippen molar-refractivity contribution in [2.24, 2.45) is 5.92 Å². The van der Waals surface area contributed by atoms with E-state index in [4.69, 9.17) is 4.74 Å². The molecule has 3 aromatic rings. The van der Waals surface area contributed by atoms with E-state index in [9.17, 15) is 0 Å². The lowest BCUT2D eigenvalue weighted by molar-refractivity contribution is 0.280. The van der Waals surface area contributed by atoms with Gasteiger partial charge in [-0.15, -0.1) is 10.2 Å². The van der Waals surface area contributed by atoms with Gasteiger partial charge in [0.1, 0.15) is 5.75 Å². The summed E-state index contributed by atoms with van der Waals surface area (Å²) in [6.07, 6.45) is 10.1. The number of hydrogen-bond donors (Lipinski definition) is 1. The van der Waals surface area contributed by atoms with E-state index in [1.165, 1.54) is 44.3 Å². The van der Waals surface area contributed by atoms with Crippen LogP contribution in [0.1, 0.15) is 37.7 Å². The number of rotatable bonds is 8. The van der Waals surface area contributed by atoms with Gasteiger partial charge in [0.25, 0.3) is 0 Å². The number of nitrogens with one attached hydrogen (secondary N) is 1. The summed E-state index contributed by atoms with van der Waals surface area (Å²) in [6, 6.07) is 11.2. The quantitative estimate of drug-likeness (QED) is 0.584. The Morgan fingerprint density at radius 3 is 2.75 bits per heavy atom. The fourth-order valence-electron chi connectivity index (χ4n) is 4.46. The number of tetrazole rings is 1. The first kappa shape index (κ1) is 20.9. The van der Waals surface area contributed by atoms with Crippen LogP contribution in [0.4, 0.5) is 5.69 Å². The molecule has 32 heavy (non-hydrogen) atoms. The molecular formula is C24H31N7O. The highest BCUT2D eigenvalue weighted by molar-refractivity contribution is 5.54. The minimum absolute atomic E-state index is 0.543. The lowest BCUT2D eigenvalue weighted by Crippen LogP contribution is -2.47. The van der Waals surface area contributed by atoms with Crippen molar-refractivity contribution in [1.29, 1.82) is 0 Å². The molecule has 0 bridgehead atoms. The maximum Gasteiger partial charge on any atom is 0.206 e. The molecule has 1 aliphatic carbocycles. The van der Waals surface area contributed by atoms with Crippen LogP contribution in [0.3, 0.4) is 0 Å². The van der Waals surface area contributed by atoms with Gasteiger partial charge in [0.05, 0.1) is 19.9 Å². The molecule has 0 unspecified atom stereocenters. The zero-order valence-corrected chi connectivity index (χ0v) is 18.7. The lowest BCUT2D eigenvalue weighted by Gasteiger charge is -2.36. The van der Waals surface area contributed by atoms with Crippen molar-refractivity contribution in [3.8, 4) is 17.1 Å². The maximum atomic E-state index is 5.23. The van der Waals surface area contributed by atoms with E-state index < -0.39 is 0 Å². The minimum Gasteiger partial charge on any atom is -0.495 e. The molecule has 2 aliphatic rings. The zero-order chi connectivity index (χ0) is 21.8. The Kier molecular flexibility index (Phi) is 6.29. The molecule has 0 spiro atoms. The topological polar surface area (TPSA) is 81.0 Å². The van der Waals surface area contributed by atoms with Crippen LogP contribution in [0, 0.1) is 5.92 Å². The third kappa shape index (κ3) is 4.91. The van der Waals surface area contributed by atoms with Crippen molar-refractivity contribution in [2.45, 2.75) is 44.7 Å². The SMILES string of the molecule is COc1cncc(-c2nnn(Cc3ccc(N4CCC[C@@H](NCC5CCC5)C4)cc3)n2)c1. The van der Waals surface area contributed by atoms with Crippen LogP contribution in [0.25, 0.3) is 11.4 Å². The molecule has 0 radical (unpaired) electrons. The second-order valence-electron chi connectivity index (χ2n) is 8.91. The van der Waals surface area contributed by atoms with Crippen LogP contribution >= 0.6 is 0 Å². The van der Waals surface area contributed by atoms with Gasteiger partial charge in [0.15, 0.2) is 0 Å². The van der Waals surface area contributed by atoms with Crippen LogP contribution < -0.4 is 15.0 Å². The summed E-state index contributed by atoms with van der Waals surface area (Å²) >= 11 is 0. The average Bonchev–Trinajstić information content (AvgIpc) is 3.27. The Labute approximate surface area is 189 Å². The summed E-state index contributed by atoms with van der Waals surface area (Å²) in [4.78, 5) is 8.28. The van der Waals surface area contributed by atoms with Crippen molar-refractivity contribution in [1.82, 2.24) is 30.5 Å². The second-order valence-corrected chi connectivity index (χ2v) is 8.91. The number of benzene rings is 1. The monoisotopic (exact) mass is 433 g/mol. The number of methoxy groups -OCH3 is 1. The van der Waals surface area contributed by atoms with Gasteiger partial charge in [0.2, 0.25) is 5.82 Å². The average molecular weight is 434 g/mol. The molecular weight excluding hydrogens is 402 g/mol. The van der Waals surface area contributed by atoms with Gasteiger partial charge in [-0.3, -0.25) is 4.98 Å². The summed E-state index contributed by atoms with van der Waals surface area (Å²) in [6.45, 7) is 3.99. The normalized spacial score (nSPS) is 19.0. The highest BCUT2D eigenvalue weighted by atomic mass is 16.5. The van der Waals surface area contributed by atoms with E-state index in [1.54, 1.807) is 24.3 Å². The molecule has 1 aromatic carbocycles. The van der Waals surface area contributed by atoms with Crippen molar-refractivity contribution < 1.29 is 4.74 Å². The molecule has 1 saturated carbocycles. The number of nitrogens with zero attached hydrogens (tertiary/aromatic N) is 6. The molecule has 0 amide bonds. The van der Waals surface area contributed by atoms with E-state index >= 15 is 0 Å². The zero-order valence-electron chi connectivity index (χ0n) is 18.7. The first-order valence-electron chi connectivity index (χ1n) is 11.6. The third-order valence-corrected chi connectivity index (χ3v) is 6.63. The molecule has 1 aliphatic heterocycles. The molecule has 1 N–H and O–H groups in total. The predicted molar refractivity (Wildman–Crippen MR) is 124 cm³/mol. The summed E-state index contributed by atoms with van der Waals surface area (Å²) < 4.78 is 5.23. The van der Waals surface area contributed by atoms with Crippen LogP contribution in [0.15, 0.2) is 42.7 Å². The first-order valence-corrected chi connectivity index (χ1v) is 11.6. The molecule has 168 valence electrons. The smallest absolute Gasteiger partial charge is 0.206 e. The first-order chi connectivity index (χ1) is 15.8. The molecule has 3 heterocycles.